The second kappa shape index (κ2) is 10.9. The number of benzene rings is 2. The van der Waals surface area contributed by atoms with Crippen LogP contribution in [0.5, 0.6) is 5.75 Å². The van der Waals surface area contributed by atoms with Gasteiger partial charge in [-0.3, -0.25) is 0 Å². The number of nitrogens with one attached hydrogen (secondary N) is 1. The summed E-state index contributed by atoms with van der Waals surface area (Å²) in [7, 11) is 2.14. The minimum atomic E-state index is -0.498. The Morgan fingerprint density at radius 1 is 1.08 bits per heavy atom. The first-order valence-corrected chi connectivity index (χ1v) is 8.95. The van der Waals surface area contributed by atoms with Gasteiger partial charge in [-0.2, -0.15) is 0 Å². The summed E-state index contributed by atoms with van der Waals surface area (Å²) in [6.45, 7) is 5.75. The number of aryl methyl sites for hydroxylation is 1. The zero-order chi connectivity index (χ0) is 17.9. The molecule has 0 amide bonds. The van der Waals surface area contributed by atoms with Crippen molar-refractivity contribution in [2.75, 3.05) is 33.3 Å². The first-order valence-electron chi connectivity index (χ1n) is 8.95. The number of para-hydroxylation sites is 1. The zero-order valence-corrected chi connectivity index (χ0v) is 15.3. The van der Waals surface area contributed by atoms with Crippen molar-refractivity contribution in [2.24, 2.45) is 0 Å². The maximum Gasteiger partial charge on any atom is 0.122 e. The Labute approximate surface area is 151 Å². The van der Waals surface area contributed by atoms with Crippen LogP contribution in [-0.2, 0) is 6.54 Å². The van der Waals surface area contributed by atoms with Gasteiger partial charge >= 0.3 is 0 Å². The van der Waals surface area contributed by atoms with E-state index in [1.54, 1.807) is 0 Å². The van der Waals surface area contributed by atoms with E-state index in [9.17, 15) is 5.11 Å². The van der Waals surface area contributed by atoms with Crippen LogP contribution in [-0.4, -0.2) is 49.4 Å². The van der Waals surface area contributed by atoms with Crippen LogP contribution < -0.4 is 10.1 Å². The lowest BCUT2D eigenvalue weighted by molar-refractivity contribution is 0.106. The molecule has 1 unspecified atom stereocenters. The molecule has 25 heavy (non-hydrogen) atoms. The predicted octanol–water partition coefficient (Wildman–Crippen LogP) is 2.85. The molecule has 0 aliphatic rings. The molecule has 4 nitrogen and oxygen atoms in total. The summed E-state index contributed by atoms with van der Waals surface area (Å²) in [5, 5.41) is 13.3. The van der Waals surface area contributed by atoms with Gasteiger partial charge in [-0.05, 0) is 50.7 Å². The second-order valence-electron chi connectivity index (χ2n) is 6.51. The Kier molecular flexibility index (Phi) is 8.46. The van der Waals surface area contributed by atoms with E-state index in [1.165, 1.54) is 5.56 Å². The van der Waals surface area contributed by atoms with E-state index >= 15 is 0 Å². The summed E-state index contributed by atoms with van der Waals surface area (Å²) in [4.78, 5) is 2.31. The molecule has 4 heteroatoms. The standard InChI is InChI=1S/C21H30N2O2/c1-18-9-6-7-12-21(18)25-17-20(24)15-22-13-8-14-23(2)16-19-10-4-3-5-11-19/h3-7,9-12,20,22,24H,8,13-17H2,1-2H3. The first-order chi connectivity index (χ1) is 12.1. The van der Waals surface area contributed by atoms with E-state index in [0.717, 1.165) is 37.4 Å². The van der Waals surface area contributed by atoms with Gasteiger partial charge in [-0.15, -0.1) is 0 Å². The van der Waals surface area contributed by atoms with Gasteiger partial charge < -0.3 is 20.1 Å². The second-order valence-corrected chi connectivity index (χ2v) is 6.51. The van der Waals surface area contributed by atoms with Crippen LogP contribution in [0.25, 0.3) is 0 Å². The number of aliphatic hydroxyl groups excluding tert-OH is 1. The maximum atomic E-state index is 10.0. The van der Waals surface area contributed by atoms with Crippen molar-refractivity contribution in [1.82, 2.24) is 10.2 Å². The van der Waals surface area contributed by atoms with Crippen LogP contribution in [0.2, 0.25) is 0 Å². The fraction of sp³-hybridized carbons (Fsp3) is 0.429. The minimum Gasteiger partial charge on any atom is -0.491 e. The molecule has 1 atom stereocenters. The van der Waals surface area contributed by atoms with Gasteiger partial charge in [0.25, 0.3) is 0 Å². The molecule has 0 spiro atoms. The Bertz CT molecular complexity index is 604. The predicted molar refractivity (Wildman–Crippen MR) is 103 cm³/mol. The highest BCUT2D eigenvalue weighted by molar-refractivity contribution is 5.31. The van der Waals surface area contributed by atoms with E-state index in [1.807, 2.05) is 37.3 Å². The molecule has 0 radical (unpaired) electrons. The van der Waals surface area contributed by atoms with E-state index in [2.05, 4.69) is 41.5 Å². The molecule has 0 aliphatic heterocycles. The molecule has 0 saturated carbocycles. The molecule has 0 fully saturated rings. The molecule has 2 aromatic carbocycles. The molecule has 0 heterocycles. The van der Waals surface area contributed by atoms with Gasteiger partial charge in [0, 0.05) is 13.1 Å². The summed E-state index contributed by atoms with van der Waals surface area (Å²) in [6.07, 6.45) is 0.552. The fourth-order valence-electron chi connectivity index (χ4n) is 2.68. The number of hydrogen-bond donors (Lipinski definition) is 2. The Balaban J connectivity index is 1.53. The lowest BCUT2D eigenvalue weighted by Gasteiger charge is -2.17. The van der Waals surface area contributed by atoms with Crippen LogP contribution in [0.4, 0.5) is 0 Å². The van der Waals surface area contributed by atoms with E-state index in [4.69, 9.17) is 4.74 Å². The minimum absolute atomic E-state index is 0.311. The highest BCUT2D eigenvalue weighted by atomic mass is 16.5. The molecule has 2 rings (SSSR count). The van der Waals surface area contributed by atoms with E-state index in [0.29, 0.717) is 13.2 Å². The van der Waals surface area contributed by atoms with Crippen molar-refractivity contribution >= 4 is 0 Å². The van der Waals surface area contributed by atoms with Crippen LogP contribution in [0.1, 0.15) is 17.5 Å². The average Bonchev–Trinajstić information content (AvgIpc) is 2.61. The molecule has 0 aromatic heterocycles. The quantitative estimate of drug-likeness (QED) is 0.617. The van der Waals surface area contributed by atoms with Gasteiger partial charge in [0.05, 0.1) is 0 Å². The lowest BCUT2D eigenvalue weighted by atomic mass is 10.2. The largest absolute Gasteiger partial charge is 0.491 e. The summed E-state index contributed by atoms with van der Waals surface area (Å²) in [5.74, 6) is 0.837. The van der Waals surface area contributed by atoms with Crippen molar-refractivity contribution < 1.29 is 9.84 Å². The third-order valence-corrected chi connectivity index (χ3v) is 4.09. The molecular formula is C21H30N2O2. The molecule has 0 saturated heterocycles. The van der Waals surface area contributed by atoms with Gasteiger partial charge in [0.15, 0.2) is 0 Å². The average molecular weight is 342 g/mol. The lowest BCUT2D eigenvalue weighted by Crippen LogP contribution is -2.33. The van der Waals surface area contributed by atoms with Gasteiger partial charge in [-0.25, -0.2) is 0 Å². The smallest absolute Gasteiger partial charge is 0.122 e. The van der Waals surface area contributed by atoms with Crippen molar-refractivity contribution in [1.29, 1.82) is 0 Å². The van der Waals surface area contributed by atoms with Crippen molar-refractivity contribution in [3.05, 3.63) is 65.7 Å². The Morgan fingerprint density at radius 2 is 1.80 bits per heavy atom. The first kappa shape index (κ1) is 19.4. The number of ether oxygens (including phenoxy) is 1. The molecule has 136 valence electrons. The molecular weight excluding hydrogens is 312 g/mol. The Morgan fingerprint density at radius 3 is 2.56 bits per heavy atom. The number of aliphatic hydroxyl groups is 1. The van der Waals surface area contributed by atoms with Crippen LogP contribution in [0.3, 0.4) is 0 Å². The SMILES string of the molecule is Cc1ccccc1OCC(O)CNCCCN(C)Cc1ccccc1. The number of nitrogens with zero attached hydrogens (tertiary/aromatic N) is 1. The highest BCUT2D eigenvalue weighted by Crippen LogP contribution is 2.16. The van der Waals surface area contributed by atoms with Gasteiger partial charge in [0.2, 0.25) is 0 Å². The monoisotopic (exact) mass is 342 g/mol. The summed E-state index contributed by atoms with van der Waals surface area (Å²) >= 11 is 0. The van der Waals surface area contributed by atoms with Crippen LogP contribution >= 0.6 is 0 Å². The van der Waals surface area contributed by atoms with Crippen molar-refractivity contribution in [3.63, 3.8) is 0 Å². The number of rotatable bonds is 11. The summed E-state index contributed by atoms with van der Waals surface area (Å²) < 4.78 is 5.66. The molecule has 0 bridgehead atoms. The van der Waals surface area contributed by atoms with E-state index in [-0.39, 0.29) is 0 Å². The summed E-state index contributed by atoms with van der Waals surface area (Å²) in [5.41, 5.74) is 2.42. The highest BCUT2D eigenvalue weighted by Gasteiger charge is 2.06. The molecule has 2 aromatic rings. The normalized spacial score (nSPS) is 12.3. The zero-order valence-electron chi connectivity index (χ0n) is 15.3. The third kappa shape index (κ3) is 7.69. The molecule has 0 aliphatic carbocycles. The topological polar surface area (TPSA) is 44.7 Å². The Hall–Kier alpha value is -1.88. The maximum absolute atomic E-state index is 10.0. The van der Waals surface area contributed by atoms with Gasteiger partial charge in [-0.1, -0.05) is 48.5 Å². The van der Waals surface area contributed by atoms with Crippen LogP contribution in [0.15, 0.2) is 54.6 Å². The fourth-order valence-corrected chi connectivity index (χ4v) is 2.68. The molecule has 2 N–H and O–H groups in total. The number of hydrogen-bond acceptors (Lipinski definition) is 4. The van der Waals surface area contributed by atoms with Gasteiger partial charge in [0.1, 0.15) is 18.5 Å². The van der Waals surface area contributed by atoms with E-state index < -0.39 is 6.10 Å². The van der Waals surface area contributed by atoms with Crippen molar-refractivity contribution in [2.45, 2.75) is 26.0 Å². The third-order valence-electron chi connectivity index (χ3n) is 4.09. The van der Waals surface area contributed by atoms with Crippen LogP contribution in [0, 0.1) is 6.92 Å². The van der Waals surface area contributed by atoms with Crippen molar-refractivity contribution in [3.8, 4) is 5.75 Å². The summed E-state index contributed by atoms with van der Waals surface area (Å²) in [6, 6.07) is 18.4.